The lowest BCUT2D eigenvalue weighted by atomic mass is 10.1. The number of rotatable bonds is 1. The van der Waals surface area contributed by atoms with Crippen molar-refractivity contribution >= 4 is 12.4 Å². The van der Waals surface area contributed by atoms with E-state index < -0.39 is 5.60 Å². The number of ether oxygens (including phenoxy) is 1. The quantitative estimate of drug-likeness (QED) is 0.624. The molecule has 2 atom stereocenters. The molecule has 1 saturated heterocycles. The lowest BCUT2D eigenvalue weighted by Gasteiger charge is -2.27. The molecule has 0 saturated carbocycles. The monoisotopic (exact) mass is 213 g/mol. The fourth-order valence-electron chi connectivity index (χ4n) is 1.71. The normalized spacial score (nSPS) is 26.5. The maximum atomic E-state index is 11.7. The summed E-state index contributed by atoms with van der Waals surface area (Å²) in [5, 5.41) is 0. The second kappa shape index (κ2) is 4.21. The Morgan fingerprint density at radius 2 is 2.07 bits per heavy atom. The summed E-state index contributed by atoms with van der Waals surface area (Å²) in [6.45, 7) is 8.05. The lowest BCUT2D eigenvalue weighted by Crippen LogP contribution is -2.41. The van der Waals surface area contributed by atoms with Crippen LogP contribution in [0.2, 0.25) is 0 Å². The van der Waals surface area contributed by atoms with Crippen LogP contribution < -0.4 is 0 Å². The Morgan fingerprint density at radius 1 is 1.47 bits per heavy atom. The van der Waals surface area contributed by atoms with E-state index in [0.717, 1.165) is 12.7 Å². The minimum absolute atomic E-state index is 0.231. The number of carbonyl (C=O) groups is 2. The molecule has 86 valence electrons. The van der Waals surface area contributed by atoms with Crippen LogP contribution in [0, 0.1) is 5.92 Å². The summed E-state index contributed by atoms with van der Waals surface area (Å²) < 4.78 is 5.23. The van der Waals surface area contributed by atoms with Crippen LogP contribution in [0.5, 0.6) is 0 Å². The molecule has 1 aliphatic rings. The highest BCUT2D eigenvalue weighted by atomic mass is 16.6. The predicted octanol–water partition coefficient (Wildman–Crippen LogP) is 1.83. The van der Waals surface area contributed by atoms with Crippen LogP contribution in [-0.4, -0.2) is 35.5 Å². The number of carbonyl (C=O) groups excluding carboxylic acids is 2. The fourth-order valence-corrected chi connectivity index (χ4v) is 1.71. The molecule has 1 aliphatic heterocycles. The van der Waals surface area contributed by atoms with E-state index in [1.54, 1.807) is 0 Å². The van der Waals surface area contributed by atoms with Gasteiger partial charge in [0.25, 0.3) is 0 Å². The molecular formula is C11H19NO3. The second-order valence-electron chi connectivity index (χ2n) is 5.07. The Hall–Kier alpha value is -1.06. The first-order chi connectivity index (χ1) is 6.85. The highest BCUT2D eigenvalue weighted by Gasteiger charge is 2.36. The first-order valence-corrected chi connectivity index (χ1v) is 5.30. The van der Waals surface area contributed by atoms with Crippen LogP contribution in [0.15, 0.2) is 0 Å². The third-order valence-electron chi connectivity index (χ3n) is 2.54. The molecule has 0 aromatic carbocycles. The van der Waals surface area contributed by atoms with E-state index in [4.69, 9.17) is 4.74 Å². The van der Waals surface area contributed by atoms with Gasteiger partial charge in [-0.15, -0.1) is 0 Å². The Labute approximate surface area is 90.6 Å². The Kier molecular flexibility index (Phi) is 3.37. The van der Waals surface area contributed by atoms with Gasteiger partial charge in [-0.05, 0) is 33.1 Å². The van der Waals surface area contributed by atoms with Crippen molar-refractivity contribution in [2.24, 2.45) is 5.92 Å². The van der Waals surface area contributed by atoms with Crippen molar-refractivity contribution in [3.63, 3.8) is 0 Å². The molecule has 4 heteroatoms. The smallest absolute Gasteiger partial charge is 0.410 e. The van der Waals surface area contributed by atoms with Gasteiger partial charge in [-0.25, -0.2) is 4.79 Å². The molecule has 0 aliphatic carbocycles. The average molecular weight is 213 g/mol. The van der Waals surface area contributed by atoms with E-state index in [-0.39, 0.29) is 18.1 Å². The predicted molar refractivity (Wildman–Crippen MR) is 56.6 cm³/mol. The molecule has 1 heterocycles. The second-order valence-corrected chi connectivity index (χ2v) is 5.07. The summed E-state index contributed by atoms with van der Waals surface area (Å²) >= 11 is 0. The van der Waals surface area contributed by atoms with Crippen LogP contribution in [0.25, 0.3) is 0 Å². The van der Waals surface area contributed by atoms with Crippen molar-refractivity contribution in [1.29, 1.82) is 0 Å². The summed E-state index contributed by atoms with van der Waals surface area (Å²) in [6, 6.07) is -0.320. The van der Waals surface area contributed by atoms with E-state index in [1.165, 1.54) is 4.90 Å². The first-order valence-electron chi connectivity index (χ1n) is 5.30. The first kappa shape index (κ1) is 12.0. The summed E-state index contributed by atoms with van der Waals surface area (Å²) in [5.41, 5.74) is -0.504. The molecule has 15 heavy (non-hydrogen) atoms. The minimum Gasteiger partial charge on any atom is -0.444 e. The van der Waals surface area contributed by atoms with Crippen LogP contribution in [0.4, 0.5) is 4.79 Å². The molecule has 0 bridgehead atoms. The molecule has 0 radical (unpaired) electrons. The third-order valence-corrected chi connectivity index (χ3v) is 2.54. The fraction of sp³-hybridized carbons (Fsp3) is 0.818. The van der Waals surface area contributed by atoms with Crippen LogP contribution in [0.3, 0.4) is 0 Å². The van der Waals surface area contributed by atoms with Crippen molar-refractivity contribution in [2.45, 2.75) is 45.8 Å². The molecule has 0 unspecified atom stereocenters. The SMILES string of the molecule is C[C@H]1CCN(C(=O)OC(C)(C)C)[C@@H]1C=O. The lowest BCUT2D eigenvalue weighted by molar-refractivity contribution is -0.112. The summed E-state index contributed by atoms with van der Waals surface area (Å²) in [5.74, 6) is 0.231. The van der Waals surface area contributed by atoms with Gasteiger partial charge < -0.3 is 9.53 Å². The number of aldehydes is 1. The molecule has 0 N–H and O–H groups in total. The summed E-state index contributed by atoms with van der Waals surface area (Å²) in [4.78, 5) is 24.1. The maximum Gasteiger partial charge on any atom is 0.410 e. The Morgan fingerprint density at radius 3 is 2.53 bits per heavy atom. The zero-order valence-electron chi connectivity index (χ0n) is 9.82. The van der Waals surface area contributed by atoms with Crippen molar-refractivity contribution in [2.75, 3.05) is 6.54 Å². The number of nitrogens with zero attached hydrogens (tertiary/aromatic N) is 1. The molecule has 1 fully saturated rings. The zero-order chi connectivity index (χ0) is 11.6. The van der Waals surface area contributed by atoms with E-state index in [9.17, 15) is 9.59 Å². The minimum atomic E-state index is -0.504. The number of likely N-dealkylation sites (tertiary alicyclic amines) is 1. The van der Waals surface area contributed by atoms with E-state index in [2.05, 4.69) is 0 Å². The average Bonchev–Trinajstić information content (AvgIpc) is 2.43. The van der Waals surface area contributed by atoms with E-state index in [0.29, 0.717) is 6.54 Å². The molecule has 0 spiro atoms. The van der Waals surface area contributed by atoms with E-state index in [1.807, 2.05) is 27.7 Å². The maximum absolute atomic E-state index is 11.7. The highest BCUT2D eigenvalue weighted by Crippen LogP contribution is 2.24. The highest BCUT2D eigenvalue weighted by molar-refractivity contribution is 5.74. The van der Waals surface area contributed by atoms with Crippen molar-refractivity contribution in [3.05, 3.63) is 0 Å². The van der Waals surface area contributed by atoms with E-state index >= 15 is 0 Å². The third kappa shape index (κ3) is 2.94. The summed E-state index contributed by atoms with van der Waals surface area (Å²) in [7, 11) is 0. The summed E-state index contributed by atoms with van der Waals surface area (Å²) in [6.07, 6.45) is 1.31. The van der Waals surface area contributed by atoms with Gasteiger partial charge in [-0.2, -0.15) is 0 Å². The Balaban J connectivity index is 2.64. The van der Waals surface area contributed by atoms with Crippen molar-refractivity contribution in [1.82, 2.24) is 4.90 Å². The largest absolute Gasteiger partial charge is 0.444 e. The van der Waals surface area contributed by atoms with Gasteiger partial charge in [0.15, 0.2) is 0 Å². The van der Waals surface area contributed by atoms with Crippen LogP contribution in [-0.2, 0) is 9.53 Å². The molecule has 1 amide bonds. The number of hydrogen-bond acceptors (Lipinski definition) is 3. The van der Waals surface area contributed by atoms with Crippen LogP contribution >= 0.6 is 0 Å². The molecule has 0 aromatic heterocycles. The van der Waals surface area contributed by atoms with Gasteiger partial charge in [-0.3, -0.25) is 4.90 Å². The number of amides is 1. The Bertz CT molecular complexity index is 257. The zero-order valence-corrected chi connectivity index (χ0v) is 9.82. The van der Waals surface area contributed by atoms with Crippen molar-refractivity contribution < 1.29 is 14.3 Å². The van der Waals surface area contributed by atoms with Gasteiger partial charge in [0.2, 0.25) is 0 Å². The standard InChI is InChI=1S/C11H19NO3/c1-8-5-6-12(9(8)7-13)10(14)15-11(2,3)4/h7-9H,5-6H2,1-4H3/t8-,9+/m0/s1. The topological polar surface area (TPSA) is 46.6 Å². The van der Waals surface area contributed by atoms with Gasteiger partial charge in [0, 0.05) is 6.54 Å². The van der Waals surface area contributed by atoms with Crippen LogP contribution in [0.1, 0.15) is 34.1 Å². The van der Waals surface area contributed by atoms with Gasteiger partial charge >= 0.3 is 6.09 Å². The molecule has 4 nitrogen and oxygen atoms in total. The number of hydrogen-bond donors (Lipinski definition) is 0. The van der Waals surface area contributed by atoms with Gasteiger partial charge in [0.1, 0.15) is 11.9 Å². The van der Waals surface area contributed by atoms with Gasteiger partial charge in [0.05, 0.1) is 6.04 Å². The van der Waals surface area contributed by atoms with Gasteiger partial charge in [-0.1, -0.05) is 6.92 Å². The molecular weight excluding hydrogens is 194 g/mol. The molecule has 1 rings (SSSR count). The molecule has 0 aromatic rings. The van der Waals surface area contributed by atoms with Crippen molar-refractivity contribution in [3.8, 4) is 0 Å².